The van der Waals surface area contributed by atoms with Gasteiger partial charge in [0.25, 0.3) is 0 Å². The molecular formula is C16H26ClN3. The molecule has 1 aromatic rings. The van der Waals surface area contributed by atoms with Gasteiger partial charge in [-0.25, -0.2) is 9.97 Å². The SMILES string of the molecule is Cc1c(Cl)nc(C(C)(C)C)nc1NCCC1CCCC1. The topological polar surface area (TPSA) is 37.8 Å². The van der Waals surface area contributed by atoms with Crippen molar-refractivity contribution in [3.05, 3.63) is 16.5 Å². The molecule has 4 heteroatoms. The Morgan fingerprint density at radius 3 is 2.45 bits per heavy atom. The number of halogens is 1. The van der Waals surface area contributed by atoms with Crippen LogP contribution in [-0.4, -0.2) is 16.5 Å². The van der Waals surface area contributed by atoms with Crippen LogP contribution in [0.5, 0.6) is 0 Å². The van der Waals surface area contributed by atoms with Gasteiger partial charge < -0.3 is 5.32 Å². The Labute approximate surface area is 127 Å². The van der Waals surface area contributed by atoms with Gasteiger partial charge in [0, 0.05) is 17.5 Å². The summed E-state index contributed by atoms with van der Waals surface area (Å²) in [6, 6.07) is 0. The van der Waals surface area contributed by atoms with Crippen molar-refractivity contribution < 1.29 is 0 Å². The van der Waals surface area contributed by atoms with Gasteiger partial charge in [-0.15, -0.1) is 0 Å². The zero-order valence-corrected chi connectivity index (χ0v) is 13.8. The van der Waals surface area contributed by atoms with Crippen molar-refractivity contribution in [2.45, 2.75) is 65.2 Å². The summed E-state index contributed by atoms with van der Waals surface area (Å²) in [6.45, 7) is 9.28. The van der Waals surface area contributed by atoms with E-state index in [1.165, 1.54) is 32.1 Å². The predicted molar refractivity (Wildman–Crippen MR) is 85.5 cm³/mol. The Bertz CT molecular complexity index is 460. The molecule has 1 aromatic heterocycles. The second-order valence-corrected chi connectivity index (χ2v) is 7.29. The van der Waals surface area contributed by atoms with E-state index < -0.39 is 0 Å². The summed E-state index contributed by atoms with van der Waals surface area (Å²) in [5.74, 6) is 2.59. The molecule has 1 N–H and O–H groups in total. The van der Waals surface area contributed by atoms with Gasteiger partial charge >= 0.3 is 0 Å². The highest BCUT2D eigenvalue weighted by atomic mass is 35.5. The smallest absolute Gasteiger partial charge is 0.137 e. The average molecular weight is 296 g/mol. The molecule has 112 valence electrons. The molecular weight excluding hydrogens is 270 g/mol. The van der Waals surface area contributed by atoms with Crippen LogP contribution in [-0.2, 0) is 5.41 Å². The molecule has 1 aliphatic carbocycles. The fraction of sp³-hybridized carbons (Fsp3) is 0.750. The third-order valence-corrected chi connectivity index (χ3v) is 4.44. The number of anilines is 1. The Morgan fingerprint density at radius 2 is 1.85 bits per heavy atom. The highest BCUT2D eigenvalue weighted by molar-refractivity contribution is 6.30. The lowest BCUT2D eigenvalue weighted by Crippen LogP contribution is -2.19. The zero-order chi connectivity index (χ0) is 14.8. The molecule has 1 saturated carbocycles. The minimum absolute atomic E-state index is 0.0841. The van der Waals surface area contributed by atoms with Crippen LogP contribution < -0.4 is 5.32 Å². The maximum absolute atomic E-state index is 6.24. The first-order chi connectivity index (χ1) is 9.38. The van der Waals surface area contributed by atoms with Gasteiger partial charge in [0.1, 0.15) is 16.8 Å². The minimum Gasteiger partial charge on any atom is -0.370 e. The molecule has 1 fully saturated rings. The van der Waals surface area contributed by atoms with Crippen LogP contribution in [0.25, 0.3) is 0 Å². The van der Waals surface area contributed by atoms with Crippen molar-refractivity contribution in [2.75, 3.05) is 11.9 Å². The van der Waals surface area contributed by atoms with E-state index in [0.29, 0.717) is 5.15 Å². The van der Waals surface area contributed by atoms with E-state index in [1.54, 1.807) is 0 Å². The number of hydrogen-bond acceptors (Lipinski definition) is 3. The molecule has 0 aromatic carbocycles. The number of aromatic nitrogens is 2. The molecule has 0 spiro atoms. The summed E-state index contributed by atoms with van der Waals surface area (Å²) in [6.07, 6.45) is 6.80. The Hall–Kier alpha value is -0.830. The number of nitrogens with zero attached hydrogens (tertiary/aromatic N) is 2. The van der Waals surface area contributed by atoms with Crippen LogP contribution in [0.3, 0.4) is 0 Å². The Kier molecular flexibility index (Phi) is 4.90. The van der Waals surface area contributed by atoms with Crippen LogP contribution in [0.4, 0.5) is 5.82 Å². The monoisotopic (exact) mass is 295 g/mol. The van der Waals surface area contributed by atoms with Crippen molar-refractivity contribution in [2.24, 2.45) is 5.92 Å². The van der Waals surface area contributed by atoms with Gasteiger partial charge in [-0.2, -0.15) is 0 Å². The van der Waals surface area contributed by atoms with Crippen molar-refractivity contribution in [3.63, 3.8) is 0 Å². The van der Waals surface area contributed by atoms with E-state index in [0.717, 1.165) is 29.7 Å². The maximum atomic E-state index is 6.24. The lowest BCUT2D eigenvalue weighted by atomic mass is 9.95. The van der Waals surface area contributed by atoms with E-state index in [-0.39, 0.29) is 5.41 Å². The number of nitrogens with one attached hydrogen (secondary N) is 1. The zero-order valence-electron chi connectivity index (χ0n) is 13.1. The first-order valence-electron chi connectivity index (χ1n) is 7.66. The molecule has 0 saturated heterocycles. The highest BCUT2D eigenvalue weighted by Gasteiger charge is 2.21. The van der Waals surface area contributed by atoms with E-state index in [1.807, 2.05) is 6.92 Å². The van der Waals surface area contributed by atoms with Crippen molar-refractivity contribution in [1.82, 2.24) is 9.97 Å². The highest BCUT2D eigenvalue weighted by Crippen LogP contribution is 2.29. The lowest BCUT2D eigenvalue weighted by Gasteiger charge is -2.20. The Morgan fingerprint density at radius 1 is 1.20 bits per heavy atom. The quantitative estimate of drug-likeness (QED) is 0.816. The average Bonchev–Trinajstić information content (AvgIpc) is 2.86. The van der Waals surface area contributed by atoms with Crippen LogP contribution in [0.15, 0.2) is 0 Å². The summed E-state index contributed by atoms with van der Waals surface area (Å²) in [5, 5.41) is 4.02. The van der Waals surface area contributed by atoms with Crippen molar-refractivity contribution in [3.8, 4) is 0 Å². The minimum atomic E-state index is -0.0841. The summed E-state index contributed by atoms with van der Waals surface area (Å²) < 4.78 is 0. The van der Waals surface area contributed by atoms with Crippen molar-refractivity contribution >= 4 is 17.4 Å². The molecule has 20 heavy (non-hydrogen) atoms. The van der Waals surface area contributed by atoms with Gasteiger partial charge in [-0.1, -0.05) is 58.1 Å². The van der Waals surface area contributed by atoms with Gasteiger partial charge in [0.15, 0.2) is 0 Å². The normalized spacial score (nSPS) is 16.6. The van der Waals surface area contributed by atoms with Crippen molar-refractivity contribution in [1.29, 1.82) is 0 Å². The van der Waals surface area contributed by atoms with E-state index in [9.17, 15) is 0 Å². The second kappa shape index (κ2) is 6.30. The molecule has 1 heterocycles. The fourth-order valence-electron chi connectivity index (χ4n) is 2.69. The second-order valence-electron chi connectivity index (χ2n) is 6.93. The molecule has 3 nitrogen and oxygen atoms in total. The number of rotatable bonds is 4. The van der Waals surface area contributed by atoms with Gasteiger partial charge in [0.05, 0.1) is 0 Å². The molecule has 0 radical (unpaired) electrons. The molecule has 1 aliphatic rings. The Balaban J connectivity index is 2.04. The standard InChI is InChI=1S/C16H26ClN3/c1-11-13(17)19-15(16(2,3)4)20-14(11)18-10-9-12-7-5-6-8-12/h12H,5-10H2,1-4H3,(H,18,19,20). The van der Waals surface area contributed by atoms with Gasteiger partial charge in [-0.3, -0.25) is 0 Å². The summed E-state index contributed by atoms with van der Waals surface area (Å²) in [5.41, 5.74) is 0.866. The maximum Gasteiger partial charge on any atom is 0.137 e. The van der Waals surface area contributed by atoms with E-state index in [2.05, 4.69) is 36.1 Å². The third kappa shape index (κ3) is 3.85. The van der Waals surface area contributed by atoms with Crippen LogP contribution in [0.1, 0.15) is 64.3 Å². The molecule has 0 aliphatic heterocycles. The summed E-state index contributed by atoms with van der Waals surface area (Å²) in [4.78, 5) is 9.07. The third-order valence-electron chi connectivity index (χ3n) is 4.08. The molecule has 0 bridgehead atoms. The fourth-order valence-corrected chi connectivity index (χ4v) is 2.86. The van der Waals surface area contributed by atoms with Crippen LogP contribution >= 0.6 is 11.6 Å². The summed E-state index contributed by atoms with van der Waals surface area (Å²) >= 11 is 6.24. The summed E-state index contributed by atoms with van der Waals surface area (Å²) in [7, 11) is 0. The van der Waals surface area contributed by atoms with Gasteiger partial charge in [0.2, 0.25) is 0 Å². The van der Waals surface area contributed by atoms with Crippen LogP contribution in [0.2, 0.25) is 5.15 Å². The van der Waals surface area contributed by atoms with E-state index >= 15 is 0 Å². The van der Waals surface area contributed by atoms with E-state index in [4.69, 9.17) is 11.6 Å². The lowest BCUT2D eigenvalue weighted by molar-refractivity contribution is 0.517. The molecule has 0 unspecified atom stereocenters. The predicted octanol–water partition coefficient (Wildman–Crippen LogP) is 4.73. The number of hydrogen-bond donors (Lipinski definition) is 1. The van der Waals surface area contributed by atoms with Crippen LogP contribution in [0, 0.1) is 12.8 Å². The first kappa shape index (κ1) is 15.6. The molecule has 2 rings (SSSR count). The molecule has 0 amide bonds. The largest absolute Gasteiger partial charge is 0.370 e. The van der Waals surface area contributed by atoms with Gasteiger partial charge in [-0.05, 0) is 19.3 Å². The first-order valence-corrected chi connectivity index (χ1v) is 8.04. The molecule has 0 atom stereocenters.